The lowest BCUT2D eigenvalue weighted by atomic mass is 9.47. The van der Waals surface area contributed by atoms with E-state index in [0.717, 1.165) is 41.4 Å². The molecule has 0 aromatic carbocycles. The molecule has 9 fully saturated rings. The topological polar surface area (TPSA) is 18.5 Å². The molecule has 0 spiro atoms. The summed E-state index contributed by atoms with van der Waals surface area (Å²) < 4.78 is 0. The highest BCUT2D eigenvalue weighted by Crippen LogP contribution is 2.65. The van der Waals surface area contributed by atoms with E-state index in [9.17, 15) is 0 Å². The fraction of sp³-hybridized carbons (Fsp3) is 0.909. The molecule has 130 valence electrons. The van der Waals surface area contributed by atoms with Crippen molar-refractivity contribution >= 4 is 0 Å². The Bertz CT molecular complexity index is 552. The molecule has 2 nitrogen and oxygen atoms in total. The highest BCUT2D eigenvalue weighted by Gasteiger charge is 2.61. The average Bonchev–Trinajstić information content (AvgIpc) is 2.46. The van der Waals surface area contributed by atoms with Crippen molar-refractivity contribution < 1.29 is 9.78 Å². The smallest absolute Gasteiger partial charge is 0.175 e. The Morgan fingerprint density at radius 1 is 0.625 bits per heavy atom. The van der Waals surface area contributed by atoms with Gasteiger partial charge in [-0.3, -0.25) is 0 Å². The third kappa shape index (κ3) is 1.67. The first-order chi connectivity index (χ1) is 11.8. The van der Waals surface area contributed by atoms with Crippen molar-refractivity contribution in [1.82, 2.24) is 0 Å². The molecule has 1 saturated heterocycles. The van der Waals surface area contributed by atoms with E-state index in [0.29, 0.717) is 11.5 Å². The molecule has 1 unspecified atom stereocenters. The van der Waals surface area contributed by atoms with Gasteiger partial charge >= 0.3 is 0 Å². The lowest BCUT2D eigenvalue weighted by Crippen LogP contribution is -2.57. The zero-order valence-electron chi connectivity index (χ0n) is 14.7. The van der Waals surface area contributed by atoms with Crippen LogP contribution in [-0.2, 0) is 9.78 Å². The summed E-state index contributed by atoms with van der Waals surface area (Å²) in [6.07, 6.45) is 16.6. The molecule has 1 aliphatic heterocycles. The minimum atomic E-state index is 0.346. The van der Waals surface area contributed by atoms with Crippen LogP contribution in [0.25, 0.3) is 0 Å². The molecule has 9 aliphatic rings. The third-order valence-corrected chi connectivity index (χ3v) is 9.42. The number of allylic oxidation sites excluding steroid dienone is 1. The van der Waals surface area contributed by atoms with Crippen LogP contribution >= 0.6 is 0 Å². The lowest BCUT2D eigenvalue weighted by Gasteiger charge is -2.61. The van der Waals surface area contributed by atoms with Crippen LogP contribution in [0.2, 0.25) is 0 Å². The molecule has 0 aromatic rings. The Morgan fingerprint density at radius 2 is 1.12 bits per heavy atom. The maximum atomic E-state index is 5.93. The van der Waals surface area contributed by atoms with Gasteiger partial charge < -0.3 is 4.89 Å². The van der Waals surface area contributed by atoms with Crippen molar-refractivity contribution in [2.75, 3.05) is 0 Å². The van der Waals surface area contributed by atoms with Gasteiger partial charge in [-0.2, -0.15) is 4.89 Å². The van der Waals surface area contributed by atoms with Gasteiger partial charge in [-0.1, -0.05) is 0 Å². The second kappa shape index (κ2) is 4.42. The van der Waals surface area contributed by atoms with Crippen molar-refractivity contribution in [3.05, 3.63) is 11.3 Å². The van der Waals surface area contributed by atoms with Crippen LogP contribution in [0.1, 0.15) is 70.6 Å². The van der Waals surface area contributed by atoms with Crippen LogP contribution in [0.5, 0.6) is 0 Å². The zero-order chi connectivity index (χ0) is 15.5. The van der Waals surface area contributed by atoms with Gasteiger partial charge in [0.2, 0.25) is 0 Å². The highest BCUT2D eigenvalue weighted by molar-refractivity contribution is 5.29. The van der Waals surface area contributed by atoms with Gasteiger partial charge in [-0.05, 0) is 118 Å². The zero-order valence-corrected chi connectivity index (χ0v) is 14.7. The average molecular weight is 326 g/mol. The van der Waals surface area contributed by atoms with E-state index in [1.807, 2.05) is 0 Å². The molecule has 1 atom stereocenters. The van der Waals surface area contributed by atoms with Crippen LogP contribution in [0.4, 0.5) is 0 Å². The minimum absolute atomic E-state index is 0.346. The lowest BCUT2D eigenvalue weighted by molar-refractivity contribution is -0.412. The van der Waals surface area contributed by atoms with E-state index >= 15 is 0 Å². The Kier molecular flexibility index (Phi) is 2.52. The van der Waals surface area contributed by atoms with Crippen LogP contribution in [0.3, 0.4) is 0 Å². The van der Waals surface area contributed by atoms with Gasteiger partial charge in [0.15, 0.2) is 11.9 Å². The fourth-order valence-corrected chi connectivity index (χ4v) is 9.32. The molecule has 24 heavy (non-hydrogen) atoms. The van der Waals surface area contributed by atoms with E-state index in [1.54, 1.807) is 5.57 Å². The molecule has 8 saturated carbocycles. The molecular weight excluding hydrogens is 296 g/mol. The van der Waals surface area contributed by atoms with Gasteiger partial charge in [-0.15, -0.1) is 0 Å². The highest BCUT2D eigenvalue weighted by atomic mass is 17.2. The van der Waals surface area contributed by atoms with Crippen molar-refractivity contribution in [3.63, 3.8) is 0 Å². The second-order valence-electron chi connectivity index (χ2n) is 11.0. The molecule has 0 aromatic heterocycles. The molecule has 0 N–H and O–H groups in total. The number of hydrogen-bond acceptors (Lipinski definition) is 2. The summed E-state index contributed by atoms with van der Waals surface area (Å²) in [5.41, 5.74) is 2.22. The molecule has 1 heterocycles. The monoisotopic (exact) mass is 326 g/mol. The largest absolute Gasteiger partial charge is 0.338 e. The van der Waals surface area contributed by atoms with Crippen LogP contribution in [0, 0.1) is 46.8 Å². The van der Waals surface area contributed by atoms with Crippen molar-refractivity contribution in [1.29, 1.82) is 0 Å². The Morgan fingerprint density at radius 3 is 1.58 bits per heavy atom. The number of rotatable bonds is 1. The molecular formula is C22H30O2. The Balaban J connectivity index is 1.26. The summed E-state index contributed by atoms with van der Waals surface area (Å²) >= 11 is 0. The summed E-state index contributed by atoms with van der Waals surface area (Å²) in [5, 5.41) is 0. The van der Waals surface area contributed by atoms with E-state index in [-0.39, 0.29) is 0 Å². The Hall–Kier alpha value is -0.500. The van der Waals surface area contributed by atoms with Crippen LogP contribution in [-0.4, -0.2) is 6.10 Å². The molecule has 8 bridgehead atoms. The van der Waals surface area contributed by atoms with Gasteiger partial charge in [0.05, 0.1) is 0 Å². The first-order valence-electron chi connectivity index (χ1n) is 10.8. The van der Waals surface area contributed by atoms with Crippen molar-refractivity contribution in [2.45, 2.75) is 76.7 Å². The summed E-state index contributed by atoms with van der Waals surface area (Å²) in [7, 11) is 0. The summed E-state index contributed by atoms with van der Waals surface area (Å²) in [5.74, 6) is 8.17. The van der Waals surface area contributed by atoms with Crippen LogP contribution < -0.4 is 0 Å². The van der Waals surface area contributed by atoms with E-state index < -0.39 is 0 Å². The predicted octanol–water partition coefficient (Wildman–Crippen LogP) is 5.24. The van der Waals surface area contributed by atoms with Crippen LogP contribution in [0.15, 0.2) is 11.3 Å². The maximum Gasteiger partial charge on any atom is 0.175 e. The van der Waals surface area contributed by atoms with Gasteiger partial charge in [0, 0.05) is 5.41 Å². The Labute approximate surface area is 145 Å². The molecule has 0 amide bonds. The van der Waals surface area contributed by atoms with Crippen molar-refractivity contribution in [2.24, 2.45) is 46.8 Å². The molecule has 9 rings (SSSR count). The molecule has 0 radical (unpaired) electrons. The van der Waals surface area contributed by atoms with E-state index in [4.69, 9.17) is 9.78 Å². The minimum Gasteiger partial charge on any atom is -0.338 e. The predicted molar refractivity (Wildman–Crippen MR) is 90.6 cm³/mol. The quantitative estimate of drug-likeness (QED) is 0.613. The fourth-order valence-electron chi connectivity index (χ4n) is 9.32. The molecule has 8 aliphatic carbocycles. The van der Waals surface area contributed by atoms with E-state index in [1.165, 1.54) is 76.4 Å². The SMILES string of the molecule is C1C2CC3CC1CC(C2)C3=C1OOC1C12CC3CC(CC(C3)C1)C2. The maximum absolute atomic E-state index is 5.93. The first-order valence-corrected chi connectivity index (χ1v) is 10.8. The normalized spacial score (nSPS) is 59.7. The van der Waals surface area contributed by atoms with Gasteiger partial charge in [0.25, 0.3) is 0 Å². The van der Waals surface area contributed by atoms with Gasteiger partial charge in [-0.25, -0.2) is 0 Å². The number of hydrogen-bond donors (Lipinski definition) is 0. The second-order valence-corrected chi connectivity index (χ2v) is 11.0. The van der Waals surface area contributed by atoms with Crippen molar-refractivity contribution in [3.8, 4) is 0 Å². The standard InChI is InChI=1S/C22H30O2/c1-12-5-17-7-13(1)8-18(6-12)19(17)20-21(24-23-20)22-9-14-2-15(10-22)4-16(3-14)11-22/h12-18,21H,1-11H2. The van der Waals surface area contributed by atoms with E-state index in [2.05, 4.69) is 0 Å². The summed E-state index contributed by atoms with van der Waals surface area (Å²) in [6.45, 7) is 0. The third-order valence-electron chi connectivity index (χ3n) is 9.42. The molecule has 2 heteroatoms. The van der Waals surface area contributed by atoms with Gasteiger partial charge in [0.1, 0.15) is 0 Å². The summed E-state index contributed by atoms with van der Waals surface area (Å²) in [4.78, 5) is 11.8. The summed E-state index contributed by atoms with van der Waals surface area (Å²) in [6, 6.07) is 0. The first kappa shape index (κ1) is 13.7.